The molecule has 0 saturated heterocycles. The van der Waals surface area contributed by atoms with Gasteiger partial charge in [-0.15, -0.1) is 0 Å². The van der Waals surface area contributed by atoms with E-state index in [1.54, 1.807) is 0 Å². The number of benzene rings is 2. The third-order valence-corrected chi connectivity index (χ3v) is 3.31. The molecule has 23 heavy (non-hydrogen) atoms. The zero-order valence-corrected chi connectivity index (χ0v) is 12.7. The van der Waals surface area contributed by atoms with Gasteiger partial charge in [0.05, 0.1) is 0 Å². The average Bonchev–Trinajstić information content (AvgIpc) is 2.95. The molecule has 1 aromatic heterocycles. The molecule has 4 nitrogen and oxygen atoms in total. The molecule has 1 heterocycles. The van der Waals surface area contributed by atoms with Crippen molar-refractivity contribution in [2.24, 2.45) is 0 Å². The van der Waals surface area contributed by atoms with E-state index in [4.69, 9.17) is 13.9 Å². The van der Waals surface area contributed by atoms with E-state index >= 15 is 0 Å². The summed E-state index contributed by atoms with van der Waals surface area (Å²) in [5.74, 6) is 0.802. The van der Waals surface area contributed by atoms with Crippen LogP contribution in [-0.4, -0.2) is 6.16 Å². The second-order valence-electron chi connectivity index (χ2n) is 5.07. The van der Waals surface area contributed by atoms with Crippen LogP contribution in [-0.2, 0) is 11.3 Å². The van der Waals surface area contributed by atoms with Crippen LogP contribution >= 0.6 is 0 Å². The lowest BCUT2D eigenvalue weighted by Crippen LogP contribution is -2.10. The number of carbonyl (C=O) groups excluding carboxylic acids is 1. The summed E-state index contributed by atoms with van der Waals surface area (Å²) in [5.41, 5.74) is 2.55. The first-order valence-electron chi connectivity index (χ1n) is 7.27. The molecule has 116 valence electrons. The minimum Gasteiger partial charge on any atom is -0.429 e. The number of hydrogen-bond donors (Lipinski definition) is 0. The van der Waals surface area contributed by atoms with Crippen LogP contribution in [0.3, 0.4) is 0 Å². The number of aryl methyl sites for hydroxylation is 1. The van der Waals surface area contributed by atoms with E-state index in [0.717, 1.165) is 16.7 Å². The Bertz CT molecular complexity index is 776. The van der Waals surface area contributed by atoms with Crippen molar-refractivity contribution in [3.05, 3.63) is 77.9 Å². The van der Waals surface area contributed by atoms with Gasteiger partial charge in [-0.2, -0.15) is 0 Å². The molecular formula is C19H16O4. The first kappa shape index (κ1) is 14.9. The smallest absolute Gasteiger partial charge is 0.429 e. The van der Waals surface area contributed by atoms with Gasteiger partial charge in [-0.3, -0.25) is 0 Å². The second-order valence-corrected chi connectivity index (χ2v) is 5.07. The zero-order chi connectivity index (χ0) is 16.1. The molecule has 0 N–H and O–H groups in total. The Kier molecular flexibility index (Phi) is 4.43. The maximum Gasteiger partial charge on any atom is 0.516 e. The fourth-order valence-corrected chi connectivity index (χ4v) is 2.13. The maximum atomic E-state index is 11.8. The van der Waals surface area contributed by atoms with Crippen LogP contribution < -0.4 is 4.74 Å². The Balaban J connectivity index is 1.64. The van der Waals surface area contributed by atoms with E-state index in [-0.39, 0.29) is 12.6 Å². The first-order valence-corrected chi connectivity index (χ1v) is 7.27. The van der Waals surface area contributed by atoms with Gasteiger partial charge in [-0.1, -0.05) is 60.7 Å². The highest BCUT2D eigenvalue weighted by atomic mass is 16.8. The van der Waals surface area contributed by atoms with Gasteiger partial charge in [0, 0.05) is 11.1 Å². The highest BCUT2D eigenvalue weighted by molar-refractivity contribution is 5.65. The van der Waals surface area contributed by atoms with Gasteiger partial charge in [-0.05, 0) is 18.6 Å². The number of carbonyl (C=O) groups is 1. The molecule has 0 aliphatic heterocycles. The van der Waals surface area contributed by atoms with E-state index < -0.39 is 6.16 Å². The molecule has 0 unspecified atom stereocenters. The molecule has 0 saturated carbocycles. The van der Waals surface area contributed by atoms with E-state index in [1.807, 2.05) is 73.7 Å². The second kappa shape index (κ2) is 6.83. The molecule has 0 bridgehead atoms. The summed E-state index contributed by atoms with van der Waals surface area (Å²) in [4.78, 5) is 11.8. The fraction of sp³-hybridized carbons (Fsp3) is 0.105. The van der Waals surface area contributed by atoms with E-state index in [1.165, 1.54) is 0 Å². The van der Waals surface area contributed by atoms with Gasteiger partial charge in [0.15, 0.2) is 0 Å². The van der Waals surface area contributed by atoms with Gasteiger partial charge in [0.2, 0.25) is 0 Å². The molecule has 0 fully saturated rings. The van der Waals surface area contributed by atoms with Gasteiger partial charge in [-0.25, -0.2) is 4.79 Å². The van der Waals surface area contributed by atoms with Crippen LogP contribution in [0.15, 0.2) is 71.1 Å². The fourth-order valence-electron chi connectivity index (χ4n) is 2.13. The molecule has 0 amide bonds. The summed E-state index contributed by atoms with van der Waals surface area (Å²) in [6.07, 6.45) is -0.786. The zero-order valence-electron chi connectivity index (χ0n) is 12.7. The molecule has 3 aromatic rings. The third-order valence-electron chi connectivity index (χ3n) is 3.31. The number of ether oxygens (including phenoxy) is 2. The Morgan fingerprint density at radius 1 is 1.00 bits per heavy atom. The quantitative estimate of drug-likeness (QED) is 0.638. The van der Waals surface area contributed by atoms with Crippen molar-refractivity contribution in [1.29, 1.82) is 0 Å². The average molecular weight is 308 g/mol. The monoisotopic (exact) mass is 308 g/mol. The number of rotatable bonds is 4. The van der Waals surface area contributed by atoms with Crippen molar-refractivity contribution in [2.45, 2.75) is 13.5 Å². The minimum atomic E-state index is -0.786. The van der Waals surface area contributed by atoms with Crippen molar-refractivity contribution >= 4 is 6.16 Å². The number of furan rings is 1. The highest BCUT2D eigenvalue weighted by Crippen LogP contribution is 2.30. The molecule has 4 heteroatoms. The summed E-state index contributed by atoms with van der Waals surface area (Å²) in [5, 5.41) is 0. The topological polar surface area (TPSA) is 48.7 Å². The van der Waals surface area contributed by atoms with E-state index in [0.29, 0.717) is 5.76 Å². The van der Waals surface area contributed by atoms with Crippen molar-refractivity contribution < 1.29 is 18.7 Å². The van der Waals surface area contributed by atoms with Gasteiger partial charge in [0.25, 0.3) is 5.95 Å². The highest BCUT2D eigenvalue weighted by Gasteiger charge is 2.15. The van der Waals surface area contributed by atoms with Crippen LogP contribution in [0.25, 0.3) is 11.3 Å². The van der Waals surface area contributed by atoms with Crippen LogP contribution in [0.5, 0.6) is 5.95 Å². The van der Waals surface area contributed by atoms with E-state index in [2.05, 4.69) is 0 Å². The SMILES string of the molecule is Cc1cc(-c2ccccc2)oc1OC(=O)OCc1ccccc1. The minimum absolute atomic E-state index is 0.155. The standard InChI is InChI=1S/C19H16O4/c1-14-12-17(16-10-6-3-7-11-16)22-18(14)23-19(20)21-13-15-8-4-2-5-9-15/h2-12H,13H2,1H3. The lowest BCUT2D eigenvalue weighted by atomic mass is 10.1. The van der Waals surface area contributed by atoms with Crippen molar-refractivity contribution in [2.75, 3.05) is 0 Å². The van der Waals surface area contributed by atoms with E-state index in [9.17, 15) is 4.79 Å². The molecule has 0 radical (unpaired) electrons. The summed E-state index contributed by atoms with van der Waals surface area (Å²) in [6.45, 7) is 1.97. The lowest BCUT2D eigenvalue weighted by molar-refractivity contribution is 0.0841. The largest absolute Gasteiger partial charge is 0.516 e. The molecule has 0 spiro atoms. The van der Waals surface area contributed by atoms with Crippen LogP contribution in [0, 0.1) is 6.92 Å². The normalized spacial score (nSPS) is 10.3. The summed E-state index contributed by atoms with van der Waals surface area (Å²) < 4.78 is 15.8. The summed E-state index contributed by atoms with van der Waals surface area (Å²) >= 11 is 0. The molecule has 2 aromatic carbocycles. The van der Waals surface area contributed by atoms with Gasteiger partial charge >= 0.3 is 6.16 Å². The Labute approximate surface area is 134 Å². The van der Waals surface area contributed by atoms with Crippen LogP contribution in [0.4, 0.5) is 4.79 Å². The molecule has 3 rings (SSSR count). The predicted octanol–water partition coefficient (Wildman–Crippen LogP) is 4.97. The Morgan fingerprint density at radius 3 is 2.35 bits per heavy atom. The Morgan fingerprint density at radius 2 is 1.65 bits per heavy atom. The Hall–Kier alpha value is -3.01. The molecular weight excluding hydrogens is 292 g/mol. The summed E-state index contributed by atoms with van der Waals surface area (Å²) in [7, 11) is 0. The van der Waals surface area contributed by atoms with Crippen molar-refractivity contribution in [3.8, 4) is 17.3 Å². The van der Waals surface area contributed by atoms with Crippen LogP contribution in [0.1, 0.15) is 11.1 Å². The number of hydrogen-bond acceptors (Lipinski definition) is 4. The lowest BCUT2D eigenvalue weighted by Gasteiger charge is -2.04. The van der Waals surface area contributed by atoms with Crippen molar-refractivity contribution in [1.82, 2.24) is 0 Å². The molecule has 0 atom stereocenters. The first-order chi connectivity index (χ1) is 11.2. The van der Waals surface area contributed by atoms with Crippen molar-refractivity contribution in [3.63, 3.8) is 0 Å². The summed E-state index contributed by atoms with van der Waals surface area (Å²) in [6, 6.07) is 20.9. The van der Waals surface area contributed by atoms with Gasteiger partial charge < -0.3 is 13.9 Å². The van der Waals surface area contributed by atoms with Crippen LogP contribution in [0.2, 0.25) is 0 Å². The van der Waals surface area contributed by atoms with Gasteiger partial charge in [0.1, 0.15) is 12.4 Å². The molecule has 0 aliphatic rings. The maximum absolute atomic E-state index is 11.8. The third kappa shape index (κ3) is 3.80. The predicted molar refractivity (Wildman–Crippen MR) is 86.1 cm³/mol. The molecule has 0 aliphatic carbocycles.